The first-order valence-electron chi connectivity index (χ1n) is 12.5. The summed E-state index contributed by atoms with van der Waals surface area (Å²) in [5.41, 5.74) is 7.30. The fraction of sp³-hybridized carbons (Fsp3) is 0.242. The number of rotatable bonds is 5. The third-order valence-electron chi connectivity index (χ3n) is 7.19. The van der Waals surface area contributed by atoms with Gasteiger partial charge in [-0.15, -0.1) is 0 Å². The van der Waals surface area contributed by atoms with E-state index in [1.54, 1.807) is 0 Å². The number of hydrogen-bond donors (Lipinski definition) is 1. The molecule has 1 aliphatic carbocycles. The first kappa shape index (κ1) is 23.1. The molecule has 2 heteroatoms. The van der Waals surface area contributed by atoms with Gasteiger partial charge in [0.05, 0.1) is 6.04 Å². The van der Waals surface area contributed by atoms with Crippen molar-refractivity contribution in [3.8, 4) is 0 Å². The zero-order valence-corrected chi connectivity index (χ0v) is 20.7. The van der Waals surface area contributed by atoms with Crippen LogP contribution in [0.25, 0.3) is 0 Å². The molecule has 0 aromatic heterocycles. The van der Waals surface area contributed by atoms with Crippen LogP contribution < -0.4 is 5.32 Å². The summed E-state index contributed by atoms with van der Waals surface area (Å²) < 4.78 is 0. The monoisotopic (exact) mass is 459 g/mol. The van der Waals surface area contributed by atoms with Crippen molar-refractivity contribution in [2.45, 2.75) is 45.1 Å². The van der Waals surface area contributed by atoms with Crippen LogP contribution in [0.4, 0.5) is 0 Å². The van der Waals surface area contributed by atoms with Crippen LogP contribution >= 0.6 is 0 Å². The predicted octanol–water partition coefficient (Wildman–Crippen LogP) is 7.41. The lowest BCUT2D eigenvalue weighted by atomic mass is 9.67. The Morgan fingerprint density at radius 1 is 0.686 bits per heavy atom. The Kier molecular flexibility index (Phi) is 6.30. The molecular weight excluding hydrogens is 426 g/mol. The van der Waals surface area contributed by atoms with Gasteiger partial charge in [0.2, 0.25) is 5.91 Å². The Balaban J connectivity index is 1.75. The second-order valence-corrected chi connectivity index (χ2v) is 10.6. The molecule has 1 N–H and O–H groups in total. The third-order valence-corrected chi connectivity index (χ3v) is 7.19. The van der Waals surface area contributed by atoms with Gasteiger partial charge in [-0.3, -0.25) is 4.79 Å². The van der Waals surface area contributed by atoms with Crippen molar-refractivity contribution in [3.63, 3.8) is 0 Å². The van der Waals surface area contributed by atoms with Gasteiger partial charge >= 0.3 is 0 Å². The van der Waals surface area contributed by atoms with Gasteiger partial charge in [-0.2, -0.15) is 0 Å². The molecule has 5 rings (SSSR count). The molecule has 0 unspecified atom stereocenters. The first-order chi connectivity index (χ1) is 16.9. The third kappa shape index (κ3) is 4.66. The van der Waals surface area contributed by atoms with E-state index in [2.05, 4.69) is 108 Å². The molecule has 0 fully saturated rings. The number of amides is 1. The van der Waals surface area contributed by atoms with Gasteiger partial charge in [0.1, 0.15) is 0 Å². The lowest BCUT2D eigenvalue weighted by Crippen LogP contribution is -2.41. The molecule has 0 aliphatic heterocycles. The Morgan fingerprint density at radius 2 is 1.14 bits per heavy atom. The van der Waals surface area contributed by atoms with Gasteiger partial charge in [-0.05, 0) is 39.8 Å². The Hall–Kier alpha value is -3.65. The Morgan fingerprint density at radius 3 is 1.66 bits per heavy atom. The largest absolute Gasteiger partial charge is 0.348 e. The van der Waals surface area contributed by atoms with Gasteiger partial charge in [-0.25, -0.2) is 0 Å². The molecule has 4 aromatic rings. The van der Waals surface area contributed by atoms with E-state index in [0.29, 0.717) is 0 Å². The van der Waals surface area contributed by atoms with E-state index in [0.717, 1.165) is 12.0 Å². The molecule has 4 aromatic carbocycles. The standard InChI is InChI=1S/C33H33NO/c1-33(2,3)32(35)34-31(24-16-8-5-9-17-24)29(23-14-6-4-7-15-23)30-27-20-12-10-18-25(27)22-26-19-11-13-21-28(26)30/h4-21,29-31H,22H2,1-3H3,(H,34,35)/t29-,31+/m0/s1. The van der Waals surface area contributed by atoms with Crippen LogP contribution in [0.1, 0.15) is 72.0 Å². The lowest BCUT2D eigenvalue weighted by Gasteiger charge is -2.40. The topological polar surface area (TPSA) is 29.1 Å². The maximum absolute atomic E-state index is 13.4. The van der Waals surface area contributed by atoms with Crippen molar-refractivity contribution in [1.29, 1.82) is 0 Å². The van der Waals surface area contributed by atoms with Crippen LogP contribution in [0.3, 0.4) is 0 Å². The molecule has 0 spiro atoms. The zero-order valence-electron chi connectivity index (χ0n) is 20.7. The highest BCUT2D eigenvalue weighted by Gasteiger charge is 2.39. The van der Waals surface area contributed by atoms with Crippen LogP contribution in [0, 0.1) is 5.41 Å². The number of nitrogens with one attached hydrogen (secondary N) is 1. The molecular formula is C33H33NO. The summed E-state index contributed by atoms with van der Waals surface area (Å²) in [4.78, 5) is 13.4. The lowest BCUT2D eigenvalue weighted by molar-refractivity contribution is -0.129. The van der Waals surface area contributed by atoms with E-state index in [1.165, 1.54) is 27.8 Å². The highest BCUT2D eigenvalue weighted by atomic mass is 16.2. The van der Waals surface area contributed by atoms with Crippen LogP contribution in [0.2, 0.25) is 0 Å². The number of fused-ring (bicyclic) bond motifs is 2. The van der Waals surface area contributed by atoms with Crippen molar-refractivity contribution < 1.29 is 4.79 Å². The van der Waals surface area contributed by atoms with E-state index < -0.39 is 5.41 Å². The number of benzene rings is 4. The minimum atomic E-state index is -0.489. The second kappa shape index (κ2) is 9.54. The van der Waals surface area contributed by atoms with Gasteiger partial charge in [0.15, 0.2) is 0 Å². The Labute approximate surface area is 209 Å². The smallest absolute Gasteiger partial charge is 0.225 e. The average molecular weight is 460 g/mol. The summed E-state index contributed by atoms with van der Waals surface area (Å²) >= 11 is 0. The van der Waals surface area contributed by atoms with E-state index >= 15 is 0 Å². The maximum atomic E-state index is 13.4. The average Bonchev–Trinajstić information content (AvgIpc) is 2.88. The van der Waals surface area contributed by atoms with Crippen molar-refractivity contribution in [3.05, 3.63) is 143 Å². The van der Waals surface area contributed by atoms with Gasteiger partial charge in [-0.1, -0.05) is 130 Å². The fourth-order valence-electron chi connectivity index (χ4n) is 5.41. The number of carbonyl (C=O) groups is 1. The normalized spacial score (nSPS) is 14.9. The molecule has 0 saturated carbocycles. The van der Waals surface area contributed by atoms with E-state index in [9.17, 15) is 4.79 Å². The predicted molar refractivity (Wildman–Crippen MR) is 143 cm³/mol. The molecule has 176 valence electrons. The quantitative estimate of drug-likeness (QED) is 0.331. The van der Waals surface area contributed by atoms with Crippen molar-refractivity contribution in [2.75, 3.05) is 0 Å². The zero-order chi connectivity index (χ0) is 24.4. The van der Waals surface area contributed by atoms with Crippen LogP contribution in [-0.2, 0) is 11.2 Å². The fourth-order valence-corrected chi connectivity index (χ4v) is 5.41. The van der Waals surface area contributed by atoms with E-state index in [4.69, 9.17) is 0 Å². The minimum absolute atomic E-state index is 0.0208. The molecule has 1 aliphatic rings. The van der Waals surface area contributed by atoms with Gasteiger partial charge in [0, 0.05) is 17.3 Å². The maximum Gasteiger partial charge on any atom is 0.225 e. The highest BCUT2D eigenvalue weighted by molar-refractivity contribution is 5.82. The highest BCUT2D eigenvalue weighted by Crippen LogP contribution is 2.50. The molecule has 0 radical (unpaired) electrons. The molecule has 0 bridgehead atoms. The molecule has 1 amide bonds. The SMILES string of the molecule is CC(C)(C)C(=O)N[C@H](c1ccccc1)[C@@H](c1ccccc1)C1c2ccccc2Cc2ccccc21. The van der Waals surface area contributed by atoms with Crippen molar-refractivity contribution in [1.82, 2.24) is 5.32 Å². The minimum Gasteiger partial charge on any atom is -0.348 e. The van der Waals surface area contributed by atoms with Gasteiger partial charge < -0.3 is 5.32 Å². The van der Waals surface area contributed by atoms with Crippen LogP contribution in [0.15, 0.2) is 109 Å². The second-order valence-electron chi connectivity index (χ2n) is 10.6. The summed E-state index contributed by atoms with van der Waals surface area (Å²) in [6.07, 6.45) is 0.939. The van der Waals surface area contributed by atoms with Crippen molar-refractivity contribution >= 4 is 5.91 Å². The molecule has 35 heavy (non-hydrogen) atoms. The van der Waals surface area contributed by atoms with Crippen LogP contribution in [-0.4, -0.2) is 5.91 Å². The molecule has 2 atom stereocenters. The summed E-state index contributed by atoms with van der Waals surface area (Å²) in [7, 11) is 0. The first-order valence-corrected chi connectivity index (χ1v) is 12.5. The molecule has 0 heterocycles. The number of hydrogen-bond acceptors (Lipinski definition) is 1. The van der Waals surface area contributed by atoms with Crippen molar-refractivity contribution in [2.24, 2.45) is 5.41 Å². The molecule has 0 saturated heterocycles. The summed E-state index contributed by atoms with van der Waals surface area (Å²) in [5.74, 6) is 0.196. The Bertz CT molecular complexity index is 1260. The van der Waals surface area contributed by atoms with E-state index in [1.807, 2.05) is 26.8 Å². The summed E-state index contributed by atoms with van der Waals surface area (Å²) in [6.45, 7) is 5.94. The summed E-state index contributed by atoms with van der Waals surface area (Å²) in [6, 6.07) is 38.6. The number of carbonyl (C=O) groups excluding carboxylic acids is 1. The van der Waals surface area contributed by atoms with Crippen LogP contribution in [0.5, 0.6) is 0 Å². The summed E-state index contributed by atoms with van der Waals surface area (Å²) in [5, 5.41) is 3.49. The van der Waals surface area contributed by atoms with E-state index in [-0.39, 0.29) is 23.8 Å². The van der Waals surface area contributed by atoms with Gasteiger partial charge in [0.25, 0.3) is 0 Å². The molecule has 2 nitrogen and oxygen atoms in total.